The zero-order valence-electron chi connectivity index (χ0n) is 19.4. The lowest BCUT2D eigenvalue weighted by Crippen LogP contribution is -2.44. The van der Waals surface area contributed by atoms with Crippen LogP contribution in [0, 0.1) is 5.92 Å². The standard InChI is InChI=1S/C24H31N3O5S/c1-24(2,3)26-23(29)20-9-5-6-10-21(20)25-22(28)17-8-7-15-27(16-17)33(30,31)19-13-11-18(32-4)12-14-19/h5-6,9-14,17H,7-8,15-16H2,1-4H3,(H,25,28)(H,26,29). The smallest absolute Gasteiger partial charge is 0.253 e. The van der Waals surface area contributed by atoms with Crippen molar-refractivity contribution in [2.45, 2.75) is 44.0 Å². The highest BCUT2D eigenvalue weighted by atomic mass is 32.2. The summed E-state index contributed by atoms with van der Waals surface area (Å²) in [6, 6.07) is 13.0. The van der Waals surface area contributed by atoms with Gasteiger partial charge in [-0.3, -0.25) is 9.59 Å². The third kappa shape index (κ3) is 6.11. The van der Waals surface area contributed by atoms with Crippen molar-refractivity contribution >= 4 is 27.5 Å². The van der Waals surface area contributed by atoms with Crippen LogP contribution in [-0.4, -0.2) is 50.3 Å². The van der Waals surface area contributed by atoms with Crippen molar-refractivity contribution in [2.24, 2.45) is 5.92 Å². The number of nitrogens with zero attached hydrogens (tertiary/aromatic N) is 1. The minimum Gasteiger partial charge on any atom is -0.497 e. The summed E-state index contributed by atoms with van der Waals surface area (Å²) in [6.07, 6.45) is 1.14. The van der Waals surface area contributed by atoms with Gasteiger partial charge >= 0.3 is 0 Å². The highest BCUT2D eigenvalue weighted by molar-refractivity contribution is 7.89. The molecular formula is C24H31N3O5S. The van der Waals surface area contributed by atoms with Gasteiger partial charge in [0, 0.05) is 18.6 Å². The number of hydrogen-bond acceptors (Lipinski definition) is 5. The molecule has 1 fully saturated rings. The number of amides is 2. The molecule has 2 N–H and O–H groups in total. The fraction of sp³-hybridized carbons (Fsp3) is 0.417. The Hall–Kier alpha value is -2.91. The van der Waals surface area contributed by atoms with Crippen molar-refractivity contribution in [3.63, 3.8) is 0 Å². The maximum absolute atomic E-state index is 13.1. The number of ether oxygens (including phenoxy) is 1. The predicted octanol–water partition coefficient (Wildman–Crippen LogP) is 3.26. The SMILES string of the molecule is COc1ccc(S(=O)(=O)N2CCCC(C(=O)Nc3ccccc3C(=O)NC(C)(C)C)C2)cc1. The molecule has 0 saturated carbocycles. The van der Waals surface area contributed by atoms with Crippen LogP contribution in [-0.2, 0) is 14.8 Å². The van der Waals surface area contributed by atoms with E-state index in [0.29, 0.717) is 36.4 Å². The molecule has 1 unspecified atom stereocenters. The van der Waals surface area contributed by atoms with Crippen LogP contribution in [0.4, 0.5) is 5.69 Å². The number of benzene rings is 2. The normalized spacial score (nSPS) is 17.3. The van der Waals surface area contributed by atoms with E-state index in [-0.39, 0.29) is 23.3 Å². The van der Waals surface area contributed by atoms with Crippen molar-refractivity contribution in [1.29, 1.82) is 0 Å². The summed E-state index contributed by atoms with van der Waals surface area (Å²) in [6.45, 7) is 6.07. The molecule has 1 heterocycles. The molecule has 1 atom stereocenters. The van der Waals surface area contributed by atoms with Gasteiger partial charge in [0.05, 0.1) is 29.2 Å². The van der Waals surface area contributed by atoms with Gasteiger partial charge in [-0.25, -0.2) is 8.42 Å². The third-order valence-electron chi connectivity index (χ3n) is 5.37. The van der Waals surface area contributed by atoms with E-state index < -0.39 is 21.5 Å². The summed E-state index contributed by atoms with van der Waals surface area (Å²) < 4.78 is 32.6. The lowest BCUT2D eigenvalue weighted by molar-refractivity contribution is -0.120. The Labute approximate surface area is 195 Å². The van der Waals surface area contributed by atoms with E-state index in [9.17, 15) is 18.0 Å². The highest BCUT2D eigenvalue weighted by Crippen LogP contribution is 2.26. The van der Waals surface area contributed by atoms with Crippen molar-refractivity contribution in [2.75, 3.05) is 25.5 Å². The second kappa shape index (κ2) is 9.93. The average molecular weight is 474 g/mol. The Kier molecular flexibility index (Phi) is 7.44. The van der Waals surface area contributed by atoms with Crippen LogP contribution >= 0.6 is 0 Å². The van der Waals surface area contributed by atoms with E-state index in [1.165, 1.54) is 23.5 Å². The quantitative estimate of drug-likeness (QED) is 0.670. The first-order valence-corrected chi connectivity index (χ1v) is 12.3. The Balaban J connectivity index is 1.73. The molecule has 1 aliphatic rings. The minimum absolute atomic E-state index is 0.0799. The van der Waals surface area contributed by atoms with Crippen LogP contribution in [0.3, 0.4) is 0 Å². The fourth-order valence-electron chi connectivity index (χ4n) is 3.70. The van der Waals surface area contributed by atoms with Gasteiger partial charge in [0.25, 0.3) is 5.91 Å². The van der Waals surface area contributed by atoms with Crippen LogP contribution < -0.4 is 15.4 Å². The number of methoxy groups -OCH3 is 1. The van der Waals surface area contributed by atoms with Crippen LogP contribution in [0.1, 0.15) is 44.0 Å². The molecule has 8 nitrogen and oxygen atoms in total. The maximum atomic E-state index is 13.1. The largest absolute Gasteiger partial charge is 0.497 e. The van der Waals surface area contributed by atoms with E-state index in [2.05, 4.69) is 10.6 Å². The predicted molar refractivity (Wildman–Crippen MR) is 127 cm³/mol. The van der Waals surface area contributed by atoms with E-state index in [0.717, 1.165) is 0 Å². The van der Waals surface area contributed by atoms with Crippen molar-refractivity contribution < 1.29 is 22.7 Å². The first-order valence-electron chi connectivity index (χ1n) is 10.9. The molecular weight excluding hydrogens is 442 g/mol. The molecule has 0 bridgehead atoms. The minimum atomic E-state index is -3.73. The van der Waals surface area contributed by atoms with Crippen LogP contribution in [0.2, 0.25) is 0 Å². The van der Waals surface area contributed by atoms with Crippen molar-refractivity contribution in [3.05, 3.63) is 54.1 Å². The number of para-hydroxylation sites is 1. The summed E-state index contributed by atoms with van der Waals surface area (Å²) in [5, 5.41) is 5.73. The molecule has 178 valence electrons. The summed E-state index contributed by atoms with van der Waals surface area (Å²) in [5.41, 5.74) is 0.340. The van der Waals surface area contributed by atoms with Crippen LogP contribution in [0.25, 0.3) is 0 Å². The topological polar surface area (TPSA) is 105 Å². The second-order valence-corrected chi connectivity index (χ2v) is 11.1. The number of carbonyl (C=O) groups is 2. The Morgan fingerprint density at radius 2 is 1.73 bits per heavy atom. The van der Waals surface area contributed by atoms with Gasteiger partial charge in [-0.05, 0) is 70.0 Å². The van der Waals surface area contributed by atoms with Gasteiger partial charge in [0.1, 0.15) is 5.75 Å². The van der Waals surface area contributed by atoms with E-state index >= 15 is 0 Å². The fourth-order valence-corrected chi connectivity index (χ4v) is 5.23. The maximum Gasteiger partial charge on any atom is 0.253 e. The second-order valence-electron chi connectivity index (χ2n) is 9.12. The molecule has 0 radical (unpaired) electrons. The third-order valence-corrected chi connectivity index (χ3v) is 7.25. The molecule has 2 amide bonds. The number of rotatable bonds is 6. The molecule has 33 heavy (non-hydrogen) atoms. The Bertz CT molecular complexity index is 1110. The molecule has 9 heteroatoms. The van der Waals surface area contributed by atoms with Gasteiger partial charge in [0.2, 0.25) is 15.9 Å². The Morgan fingerprint density at radius 1 is 1.06 bits per heavy atom. The lowest BCUT2D eigenvalue weighted by Gasteiger charge is -2.31. The van der Waals surface area contributed by atoms with E-state index in [1.54, 1.807) is 36.4 Å². The number of carbonyl (C=O) groups excluding carboxylic acids is 2. The van der Waals surface area contributed by atoms with E-state index in [1.807, 2.05) is 20.8 Å². The molecule has 1 aliphatic heterocycles. The van der Waals surface area contributed by atoms with Crippen LogP contribution in [0.5, 0.6) is 5.75 Å². The number of anilines is 1. The summed E-state index contributed by atoms with van der Waals surface area (Å²) >= 11 is 0. The van der Waals surface area contributed by atoms with Gasteiger partial charge in [0.15, 0.2) is 0 Å². The summed E-state index contributed by atoms with van der Waals surface area (Å²) in [5.74, 6) is -0.545. The summed E-state index contributed by atoms with van der Waals surface area (Å²) in [7, 11) is -2.22. The molecule has 0 spiro atoms. The van der Waals surface area contributed by atoms with Gasteiger partial charge in [-0.2, -0.15) is 4.31 Å². The first-order chi connectivity index (χ1) is 15.5. The van der Waals surface area contributed by atoms with Crippen molar-refractivity contribution in [1.82, 2.24) is 9.62 Å². The number of nitrogens with one attached hydrogen (secondary N) is 2. The Morgan fingerprint density at radius 3 is 2.36 bits per heavy atom. The lowest BCUT2D eigenvalue weighted by atomic mass is 9.98. The summed E-state index contributed by atoms with van der Waals surface area (Å²) in [4.78, 5) is 25.9. The highest BCUT2D eigenvalue weighted by Gasteiger charge is 2.33. The van der Waals surface area contributed by atoms with Gasteiger partial charge < -0.3 is 15.4 Å². The first kappa shape index (κ1) is 24.7. The monoisotopic (exact) mass is 473 g/mol. The molecule has 0 aromatic heterocycles. The van der Waals surface area contributed by atoms with Crippen molar-refractivity contribution in [3.8, 4) is 5.75 Å². The molecule has 2 aromatic carbocycles. The van der Waals surface area contributed by atoms with E-state index in [4.69, 9.17) is 4.74 Å². The molecule has 3 rings (SSSR count). The number of sulfonamides is 1. The molecule has 0 aliphatic carbocycles. The number of hydrogen-bond donors (Lipinski definition) is 2. The van der Waals surface area contributed by atoms with Crippen LogP contribution in [0.15, 0.2) is 53.4 Å². The zero-order valence-corrected chi connectivity index (χ0v) is 20.2. The zero-order chi connectivity index (χ0) is 24.2. The average Bonchev–Trinajstić information content (AvgIpc) is 2.78. The van der Waals surface area contributed by atoms with Gasteiger partial charge in [-0.1, -0.05) is 12.1 Å². The van der Waals surface area contributed by atoms with Gasteiger partial charge in [-0.15, -0.1) is 0 Å². The number of piperidine rings is 1. The molecule has 1 saturated heterocycles. The molecule has 2 aromatic rings.